The van der Waals surface area contributed by atoms with Crippen LogP contribution in [0.1, 0.15) is 21.5 Å². The van der Waals surface area contributed by atoms with Crippen LogP contribution in [0, 0.1) is 6.92 Å². The van der Waals surface area contributed by atoms with Crippen molar-refractivity contribution < 1.29 is 9.90 Å². The number of pyridine rings is 1. The highest BCUT2D eigenvalue weighted by atomic mass is 79.9. The van der Waals surface area contributed by atoms with Crippen molar-refractivity contribution in [2.75, 3.05) is 0 Å². The summed E-state index contributed by atoms with van der Waals surface area (Å²) in [5, 5.41) is 13.7. The maximum absolute atomic E-state index is 11.7. The molecular formula is C14H12BrN3O2. The number of carbonyl (C=O) groups is 1. The lowest BCUT2D eigenvalue weighted by atomic mass is 10.1. The van der Waals surface area contributed by atoms with Gasteiger partial charge in [-0.1, -0.05) is 15.9 Å². The second-order valence-corrected chi connectivity index (χ2v) is 5.02. The highest BCUT2D eigenvalue weighted by Crippen LogP contribution is 2.25. The standard InChI is InChI=1S/C14H12BrN3O2/c1-9-5-12(15)6-11(13(9)19)8-17-18-14(20)10-3-2-4-16-7-10/h2-8,19H,1H3,(H,18,20). The number of nitrogens with one attached hydrogen (secondary N) is 1. The smallest absolute Gasteiger partial charge is 0.272 e. The van der Waals surface area contributed by atoms with E-state index >= 15 is 0 Å². The fourth-order valence-electron chi connectivity index (χ4n) is 1.58. The summed E-state index contributed by atoms with van der Waals surface area (Å²) in [6.45, 7) is 1.78. The van der Waals surface area contributed by atoms with Gasteiger partial charge < -0.3 is 5.11 Å². The molecular weight excluding hydrogens is 322 g/mol. The van der Waals surface area contributed by atoms with Gasteiger partial charge in [-0.3, -0.25) is 9.78 Å². The van der Waals surface area contributed by atoms with Crippen LogP contribution >= 0.6 is 15.9 Å². The molecule has 2 aromatic rings. The maximum atomic E-state index is 11.7. The van der Waals surface area contributed by atoms with Crippen molar-refractivity contribution in [3.05, 3.63) is 57.8 Å². The van der Waals surface area contributed by atoms with Crippen molar-refractivity contribution in [1.82, 2.24) is 10.4 Å². The molecule has 6 heteroatoms. The normalized spacial score (nSPS) is 10.7. The summed E-state index contributed by atoms with van der Waals surface area (Å²) < 4.78 is 0.827. The Morgan fingerprint density at radius 3 is 3.00 bits per heavy atom. The number of nitrogens with zero attached hydrogens (tertiary/aromatic N) is 2. The third-order valence-electron chi connectivity index (χ3n) is 2.59. The van der Waals surface area contributed by atoms with Gasteiger partial charge in [0.15, 0.2) is 0 Å². The number of phenols is 1. The Bertz CT molecular complexity index is 657. The Labute approximate surface area is 124 Å². The summed E-state index contributed by atoms with van der Waals surface area (Å²) in [4.78, 5) is 15.6. The molecule has 0 saturated heterocycles. The van der Waals surface area contributed by atoms with E-state index in [0.717, 1.165) is 10.0 Å². The van der Waals surface area contributed by atoms with Gasteiger partial charge in [0.1, 0.15) is 5.75 Å². The van der Waals surface area contributed by atoms with Crippen LogP contribution < -0.4 is 5.43 Å². The van der Waals surface area contributed by atoms with E-state index in [1.165, 1.54) is 12.4 Å². The molecule has 102 valence electrons. The lowest BCUT2D eigenvalue weighted by molar-refractivity contribution is 0.0954. The summed E-state index contributed by atoms with van der Waals surface area (Å²) in [6, 6.07) is 6.81. The Morgan fingerprint density at radius 1 is 1.50 bits per heavy atom. The first-order valence-electron chi connectivity index (χ1n) is 5.80. The summed E-state index contributed by atoms with van der Waals surface area (Å²) in [5.74, 6) is -0.229. The van der Waals surface area contributed by atoms with Crippen molar-refractivity contribution in [1.29, 1.82) is 0 Å². The van der Waals surface area contributed by atoms with Crippen LogP contribution in [-0.2, 0) is 0 Å². The van der Waals surface area contributed by atoms with Gasteiger partial charge in [-0.05, 0) is 36.8 Å². The number of aryl methyl sites for hydroxylation is 1. The Morgan fingerprint density at radius 2 is 2.30 bits per heavy atom. The van der Waals surface area contributed by atoms with E-state index in [-0.39, 0.29) is 11.7 Å². The lowest BCUT2D eigenvalue weighted by Gasteiger charge is -2.04. The molecule has 0 unspecified atom stereocenters. The minimum atomic E-state index is -0.361. The Kier molecular flexibility index (Phi) is 4.47. The summed E-state index contributed by atoms with van der Waals surface area (Å²) >= 11 is 3.34. The zero-order chi connectivity index (χ0) is 14.5. The van der Waals surface area contributed by atoms with Gasteiger partial charge in [0.05, 0.1) is 11.8 Å². The molecule has 0 aliphatic rings. The van der Waals surface area contributed by atoms with Crippen LogP contribution in [0.3, 0.4) is 0 Å². The SMILES string of the molecule is Cc1cc(Br)cc(C=NNC(=O)c2cccnc2)c1O. The molecule has 1 heterocycles. The number of halogens is 1. The molecule has 0 bridgehead atoms. The highest BCUT2D eigenvalue weighted by Gasteiger charge is 2.05. The Hall–Kier alpha value is -2.21. The summed E-state index contributed by atoms with van der Waals surface area (Å²) in [5.41, 5.74) is 4.03. The molecule has 5 nitrogen and oxygen atoms in total. The minimum absolute atomic E-state index is 0.132. The highest BCUT2D eigenvalue weighted by molar-refractivity contribution is 9.10. The second kappa shape index (κ2) is 6.29. The molecule has 20 heavy (non-hydrogen) atoms. The number of benzene rings is 1. The van der Waals surface area contributed by atoms with Crippen molar-refractivity contribution >= 4 is 28.1 Å². The molecule has 0 aliphatic carbocycles. The number of rotatable bonds is 3. The zero-order valence-electron chi connectivity index (χ0n) is 10.7. The molecule has 0 radical (unpaired) electrons. The van der Waals surface area contributed by atoms with Crippen LogP contribution in [-0.4, -0.2) is 22.2 Å². The lowest BCUT2D eigenvalue weighted by Crippen LogP contribution is -2.17. The predicted octanol–water partition coefficient (Wildman–Crippen LogP) is 2.62. The summed E-state index contributed by atoms with van der Waals surface area (Å²) in [6.07, 6.45) is 4.43. The first-order valence-corrected chi connectivity index (χ1v) is 6.60. The van der Waals surface area contributed by atoms with Crippen LogP contribution in [0.4, 0.5) is 0 Å². The maximum Gasteiger partial charge on any atom is 0.272 e. The van der Waals surface area contributed by atoms with E-state index in [2.05, 4.69) is 31.4 Å². The molecule has 1 aromatic heterocycles. The number of aromatic hydroxyl groups is 1. The first kappa shape index (κ1) is 14.2. The van der Waals surface area contributed by atoms with Gasteiger partial charge in [-0.2, -0.15) is 5.10 Å². The van der Waals surface area contributed by atoms with Gasteiger partial charge in [0.25, 0.3) is 5.91 Å². The van der Waals surface area contributed by atoms with Crippen LogP contribution in [0.2, 0.25) is 0 Å². The Balaban J connectivity index is 2.10. The van der Waals surface area contributed by atoms with Gasteiger partial charge in [-0.25, -0.2) is 5.43 Å². The second-order valence-electron chi connectivity index (χ2n) is 4.10. The third kappa shape index (κ3) is 3.42. The van der Waals surface area contributed by atoms with Crippen LogP contribution in [0.15, 0.2) is 46.2 Å². The number of hydrogen-bond acceptors (Lipinski definition) is 4. The van der Waals surface area contributed by atoms with E-state index in [1.54, 1.807) is 37.4 Å². The van der Waals surface area contributed by atoms with E-state index in [4.69, 9.17) is 0 Å². The number of amides is 1. The van der Waals surface area contributed by atoms with E-state index < -0.39 is 0 Å². The van der Waals surface area contributed by atoms with Crippen LogP contribution in [0.25, 0.3) is 0 Å². The number of aromatic nitrogens is 1. The first-order chi connectivity index (χ1) is 9.58. The van der Waals surface area contributed by atoms with E-state index in [1.807, 2.05) is 0 Å². The molecule has 0 spiro atoms. The van der Waals surface area contributed by atoms with Crippen molar-refractivity contribution in [3.63, 3.8) is 0 Å². The molecule has 2 N–H and O–H groups in total. The molecule has 0 aliphatic heterocycles. The summed E-state index contributed by atoms with van der Waals surface area (Å²) in [7, 11) is 0. The molecule has 2 rings (SSSR count). The molecule has 0 fully saturated rings. The van der Waals surface area contributed by atoms with Crippen LogP contribution in [0.5, 0.6) is 5.75 Å². The number of hydrogen-bond donors (Lipinski definition) is 2. The average Bonchev–Trinajstić information content (AvgIpc) is 2.44. The molecule has 0 saturated carbocycles. The fourth-order valence-corrected chi connectivity index (χ4v) is 2.17. The van der Waals surface area contributed by atoms with Crippen molar-refractivity contribution in [2.45, 2.75) is 6.92 Å². The largest absolute Gasteiger partial charge is 0.507 e. The quantitative estimate of drug-likeness (QED) is 0.669. The predicted molar refractivity (Wildman–Crippen MR) is 79.8 cm³/mol. The zero-order valence-corrected chi connectivity index (χ0v) is 12.3. The monoisotopic (exact) mass is 333 g/mol. The van der Waals surface area contributed by atoms with E-state index in [0.29, 0.717) is 11.1 Å². The van der Waals surface area contributed by atoms with E-state index in [9.17, 15) is 9.90 Å². The van der Waals surface area contributed by atoms with Crippen molar-refractivity contribution in [3.8, 4) is 5.75 Å². The number of hydrazone groups is 1. The van der Waals surface area contributed by atoms with Gasteiger partial charge >= 0.3 is 0 Å². The van der Waals surface area contributed by atoms with Gasteiger partial charge in [0, 0.05) is 22.4 Å². The van der Waals surface area contributed by atoms with Gasteiger partial charge in [0.2, 0.25) is 0 Å². The topological polar surface area (TPSA) is 74.6 Å². The van der Waals surface area contributed by atoms with Crippen molar-refractivity contribution in [2.24, 2.45) is 5.10 Å². The third-order valence-corrected chi connectivity index (χ3v) is 3.05. The number of phenolic OH excluding ortho intramolecular Hbond substituents is 1. The average molecular weight is 334 g/mol. The molecule has 1 amide bonds. The number of carbonyl (C=O) groups excluding carboxylic acids is 1. The minimum Gasteiger partial charge on any atom is -0.507 e. The molecule has 0 atom stereocenters. The van der Waals surface area contributed by atoms with Gasteiger partial charge in [-0.15, -0.1) is 0 Å². The molecule has 1 aromatic carbocycles. The fraction of sp³-hybridized carbons (Fsp3) is 0.0714.